The lowest BCUT2D eigenvalue weighted by Gasteiger charge is -2.32. The second-order valence-corrected chi connectivity index (χ2v) is 7.07. The molecule has 142 valence electrons. The van der Waals surface area contributed by atoms with Gasteiger partial charge in [0.05, 0.1) is 16.6 Å². The van der Waals surface area contributed by atoms with Gasteiger partial charge in [-0.2, -0.15) is 18.2 Å². The van der Waals surface area contributed by atoms with Crippen molar-refractivity contribution in [2.45, 2.75) is 25.1 Å². The zero-order valence-electron chi connectivity index (χ0n) is 14.0. The van der Waals surface area contributed by atoms with E-state index in [0.717, 1.165) is 16.1 Å². The molecule has 0 bridgehead atoms. The van der Waals surface area contributed by atoms with Crippen molar-refractivity contribution in [2.24, 2.45) is 0 Å². The van der Waals surface area contributed by atoms with Crippen molar-refractivity contribution in [3.05, 3.63) is 42.4 Å². The van der Waals surface area contributed by atoms with E-state index in [2.05, 4.69) is 20.0 Å². The van der Waals surface area contributed by atoms with Gasteiger partial charge in [0, 0.05) is 25.9 Å². The highest BCUT2D eigenvalue weighted by Gasteiger charge is 2.35. The van der Waals surface area contributed by atoms with Gasteiger partial charge in [-0.3, -0.25) is 0 Å². The third-order valence-electron chi connectivity index (χ3n) is 4.27. The number of para-hydroxylation sites is 1. The molecule has 0 N–H and O–H groups in total. The SMILES string of the molecule is FC(F)(F)c1ccccc1OC1CCN(c2ncc(-c3ncon3)s2)CC1. The van der Waals surface area contributed by atoms with E-state index in [-0.39, 0.29) is 11.9 Å². The number of piperidine rings is 1. The van der Waals surface area contributed by atoms with E-state index in [0.29, 0.717) is 31.8 Å². The standard InChI is InChI=1S/C17H15F3N4O2S/c18-17(19,20)12-3-1-2-4-13(12)26-11-5-7-24(8-6-11)16-21-9-14(27-16)15-22-10-25-23-15/h1-4,9-11H,5-8H2. The van der Waals surface area contributed by atoms with Crippen molar-refractivity contribution in [2.75, 3.05) is 18.0 Å². The molecule has 1 fully saturated rings. The largest absolute Gasteiger partial charge is 0.490 e. The Morgan fingerprint density at radius 3 is 2.63 bits per heavy atom. The molecule has 0 unspecified atom stereocenters. The lowest BCUT2D eigenvalue weighted by Crippen LogP contribution is -2.38. The molecule has 0 atom stereocenters. The van der Waals surface area contributed by atoms with Crippen LogP contribution in [0.5, 0.6) is 5.75 Å². The van der Waals surface area contributed by atoms with Crippen LogP contribution < -0.4 is 9.64 Å². The van der Waals surface area contributed by atoms with Gasteiger partial charge in [0.25, 0.3) is 0 Å². The number of thiazole rings is 1. The van der Waals surface area contributed by atoms with E-state index >= 15 is 0 Å². The fourth-order valence-electron chi connectivity index (χ4n) is 2.94. The molecule has 4 rings (SSSR count). The molecule has 1 aliphatic heterocycles. The van der Waals surface area contributed by atoms with E-state index in [1.165, 1.54) is 29.9 Å². The van der Waals surface area contributed by atoms with Crippen LogP contribution in [0.15, 0.2) is 41.4 Å². The molecule has 0 aliphatic carbocycles. The molecule has 3 aromatic rings. The quantitative estimate of drug-likeness (QED) is 0.657. The smallest absolute Gasteiger partial charge is 0.419 e. The zero-order valence-corrected chi connectivity index (χ0v) is 14.8. The molecule has 0 spiro atoms. The molecule has 1 aromatic carbocycles. The Morgan fingerprint density at radius 1 is 1.15 bits per heavy atom. The minimum absolute atomic E-state index is 0.114. The Kier molecular flexibility index (Phi) is 4.73. The van der Waals surface area contributed by atoms with Crippen LogP contribution in [0.2, 0.25) is 0 Å². The number of halogens is 3. The predicted molar refractivity (Wildman–Crippen MR) is 92.7 cm³/mol. The van der Waals surface area contributed by atoms with Gasteiger partial charge >= 0.3 is 6.18 Å². The van der Waals surface area contributed by atoms with Crippen LogP contribution in [0, 0.1) is 0 Å². The number of alkyl halides is 3. The van der Waals surface area contributed by atoms with Crippen LogP contribution in [0.1, 0.15) is 18.4 Å². The molecule has 0 saturated carbocycles. The zero-order chi connectivity index (χ0) is 18.9. The summed E-state index contributed by atoms with van der Waals surface area (Å²) in [5.74, 6) is 0.373. The topological polar surface area (TPSA) is 64.3 Å². The number of ether oxygens (including phenoxy) is 1. The molecule has 0 amide bonds. The maximum atomic E-state index is 13.1. The maximum Gasteiger partial charge on any atom is 0.419 e. The van der Waals surface area contributed by atoms with Crippen LogP contribution in [0.25, 0.3) is 10.7 Å². The van der Waals surface area contributed by atoms with E-state index < -0.39 is 11.7 Å². The van der Waals surface area contributed by atoms with Crippen molar-refractivity contribution in [1.82, 2.24) is 15.1 Å². The highest BCUT2D eigenvalue weighted by Crippen LogP contribution is 2.37. The van der Waals surface area contributed by atoms with E-state index in [9.17, 15) is 13.2 Å². The molecule has 1 aliphatic rings. The maximum absolute atomic E-state index is 13.1. The highest BCUT2D eigenvalue weighted by atomic mass is 32.1. The number of rotatable bonds is 4. The minimum Gasteiger partial charge on any atom is -0.490 e. The Balaban J connectivity index is 1.39. The number of aromatic nitrogens is 3. The first-order valence-corrected chi connectivity index (χ1v) is 9.13. The first kappa shape index (κ1) is 17.8. The molecule has 0 radical (unpaired) electrons. The van der Waals surface area contributed by atoms with Crippen molar-refractivity contribution >= 4 is 16.5 Å². The Morgan fingerprint density at radius 2 is 1.93 bits per heavy atom. The summed E-state index contributed by atoms with van der Waals surface area (Å²) in [6, 6.07) is 5.32. The number of hydrogen-bond acceptors (Lipinski definition) is 7. The van der Waals surface area contributed by atoms with Crippen LogP contribution in [0.3, 0.4) is 0 Å². The molecule has 1 saturated heterocycles. The number of benzene rings is 1. The molecular formula is C17H15F3N4O2S. The third-order valence-corrected chi connectivity index (χ3v) is 5.33. The van der Waals surface area contributed by atoms with Crippen LogP contribution in [-0.4, -0.2) is 34.3 Å². The summed E-state index contributed by atoms with van der Waals surface area (Å²) in [5, 5.41) is 4.61. The fourth-order valence-corrected chi connectivity index (χ4v) is 3.84. The third kappa shape index (κ3) is 3.90. The fraction of sp³-hybridized carbons (Fsp3) is 0.353. The second kappa shape index (κ2) is 7.18. The Hall–Kier alpha value is -2.62. The molecule has 3 heterocycles. The molecule has 27 heavy (non-hydrogen) atoms. The second-order valence-electron chi connectivity index (χ2n) is 6.06. The minimum atomic E-state index is -4.43. The molecule has 10 heteroatoms. The van der Waals surface area contributed by atoms with Gasteiger partial charge in [-0.25, -0.2) is 4.98 Å². The highest BCUT2D eigenvalue weighted by molar-refractivity contribution is 7.18. The van der Waals surface area contributed by atoms with Gasteiger partial charge in [0.1, 0.15) is 11.9 Å². The van der Waals surface area contributed by atoms with Crippen molar-refractivity contribution in [3.8, 4) is 16.5 Å². The monoisotopic (exact) mass is 396 g/mol. The van der Waals surface area contributed by atoms with E-state index in [1.807, 2.05) is 0 Å². The Bertz CT molecular complexity index is 890. The lowest BCUT2D eigenvalue weighted by molar-refractivity contribution is -0.139. The molecule has 2 aromatic heterocycles. The van der Waals surface area contributed by atoms with E-state index in [4.69, 9.17) is 9.26 Å². The summed E-state index contributed by atoms with van der Waals surface area (Å²) in [6.45, 7) is 1.30. The lowest BCUT2D eigenvalue weighted by atomic mass is 10.1. The number of nitrogens with zero attached hydrogens (tertiary/aromatic N) is 4. The predicted octanol–water partition coefficient (Wildman–Crippen LogP) is 4.26. The van der Waals surface area contributed by atoms with Crippen molar-refractivity contribution < 1.29 is 22.4 Å². The summed E-state index contributed by atoms with van der Waals surface area (Å²) in [7, 11) is 0. The van der Waals surface area contributed by atoms with Gasteiger partial charge in [-0.1, -0.05) is 28.6 Å². The first-order chi connectivity index (χ1) is 13.0. The molecule has 6 nitrogen and oxygen atoms in total. The summed E-state index contributed by atoms with van der Waals surface area (Å²) in [6.07, 6.45) is -0.513. The van der Waals surface area contributed by atoms with Crippen LogP contribution in [0.4, 0.5) is 18.3 Å². The van der Waals surface area contributed by atoms with Crippen molar-refractivity contribution in [1.29, 1.82) is 0 Å². The average molecular weight is 396 g/mol. The summed E-state index contributed by atoms with van der Waals surface area (Å²) in [5.41, 5.74) is -0.739. The van der Waals surface area contributed by atoms with Gasteiger partial charge in [-0.05, 0) is 12.1 Å². The number of hydrogen-bond donors (Lipinski definition) is 0. The summed E-state index contributed by atoms with van der Waals surface area (Å²) in [4.78, 5) is 11.3. The average Bonchev–Trinajstić information content (AvgIpc) is 3.34. The van der Waals surface area contributed by atoms with Gasteiger partial charge in [0.15, 0.2) is 5.13 Å². The summed E-state index contributed by atoms with van der Waals surface area (Å²) >= 11 is 1.45. The normalized spacial score (nSPS) is 15.9. The van der Waals surface area contributed by atoms with Gasteiger partial charge < -0.3 is 14.2 Å². The number of anilines is 1. The van der Waals surface area contributed by atoms with Gasteiger partial charge in [-0.15, -0.1) is 0 Å². The van der Waals surface area contributed by atoms with Crippen LogP contribution >= 0.6 is 11.3 Å². The van der Waals surface area contributed by atoms with E-state index in [1.54, 1.807) is 12.3 Å². The van der Waals surface area contributed by atoms with Crippen LogP contribution in [-0.2, 0) is 6.18 Å². The molecular weight excluding hydrogens is 381 g/mol. The van der Waals surface area contributed by atoms with Crippen molar-refractivity contribution in [3.63, 3.8) is 0 Å². The first-order valence-electron chi connectivity index (χ1n) is 8.31. The Labute approximate surface area is 156 Å². The summed E-state index contributed by atoms with van der Waals surface area (Å²) < 4.78 is 49.7. The van der Waals surface area contributed by atoms with Gasteiger partial charge in [0.2, 0.25) is 12.2 Å².